The number of nitrogens with one attached hydrogen (secondary N) is 2. The molecule has 30 heavy (non-hydrogen) atoms. The largest absolute Gasteiger partial charge is 0.416 e. The average Bonchev–Trinajstić information content (AvgIpc) is 2.90. The number of imide groups is 1. The summed E-state index contributed by atoms with van der Waals surface area (Å²) < 4.78 is 39.3. The van der Waals surface area contributed by atoms with Crippen molar-refractivity contribution in [2.45, 2.75) is 31.6 Å². The first-order chi connectivity index (χ1) is 13.9. The van der Waals surface area contributed by atoms with Crippen LogP contribution in [-0.4, -0.2) is 28.8 Å². The van der Waals surface area contributed by atoms with Crippen molar-refractivity contribution < 1.29 is 27.6 Å². The van der Waals surface area contributed by atoms with Crippen molar-refractivity contribution in [1.29, 1.82) is 0 Å². The van der Waals surface area contributed by atoms with Gasteiger partial charge in [0.15, 0.2) is 0 Å². The van der Waals surface area contributed by atoms with Crippen LogP contribution in [0.1, 0.15) is 25.0 Å². The Bertz CT molecular complexity index is 1030. The highest BCUT2D eigenvalue weighted by atomic mass is 79.9. The minimum atomic E-state index is -4.57. The Labute approximate surface area is 178 Å². The van der Waals surface area contributed by atoms with Crippen molar-refractivity contribution in [3.05, 3.63) is 64.1 Å². The number of benzene rings is 2. The van der Waals surface area contributed by atoms with E-state index in [0.29, 0.717) is 10.0 Å². The topological polar surface area (TPSA) is 78.5 Å². The van der Waals surface area contributed by atoms with Gasteiger partial charge >= 0.3 is 12.2 Å². The molecule has 2 aromatic rings. The molecule has 1 aliphatic rings. The summed E-state index contributed by atoms with van der Waals surface area (Å²) in [7, 11) is 0. The van der Waals surface area contributed by atoms with Gasteiger partial charge in [0.05, 0.1) is 5.56 Å². The quantitative estimate of drug-likeness (QED) is 0.637. The van der Waals surface area contributed by atoms with Crippen LogP contribution in [0.5, 0.6) is 0 Å². The number of nitrogens with zero attached hydrogens (tertiary/aromatic N) is 1. The van der Waals surface area contributed by atoms with Crippen molar-refractivity contribution in [3.8, 4) is 0 Å². The van der Waals surface area contributed by atoms with E-state index < -0.39 is 41.2 Å². The normalized spacial score (nSPS) is 20.1. The van der Waals surface area contributed by atoms with Gasteiger partial charge in [0.2, 0.25) is 5.91 Å². The van der Waals surface area contributed by atoms with Gasteiger partial charge in [-0.2, -0.15) is 13.2 Å². The maximum absolute atomic E-state index is 13.0. The van der Waals surface area contributed by atoms with Crippen LogP contribution in [0.3, 0.4) is 0 Å². The third-order valence-corrected chi connectivity index (χ3v) is 5.34. The molecule has 0 saturated carbocycles. The zero-order chi connectivity index (χ0) is 22.3. The molecule has 0 bridgehead atoms. The molecule has 3 rings (SSSR count). The molecule has 0 spiro atoms. The van der Waals surface area contributed by atoms with Gasteiger partial charge in [-0.25, -0.2) is 9.69 Å². The van der Waals surface area contributed by atoms with E-state index in [9.17, 15) is 27.6 Å². The van der Waals surface area contributed by atoms with E-state index in [-0.39, 0.29) is 5.69 Å². The molecule has 158 valence electrons. The number of hydrogen-bond acceptors (Lipinski definition) is 3. The number of urea groups is 1. The summed E-state index contributed by atoms with van der Waals surface area (Å²) in [5.74, 6) is -1.44. The molecule has 1 saturated heterocycles. The molecule has 1 fully saturated rings. The summed E-state index contributed by atoms with van der Waals surface area (Å²) in [6, 6.07) is 8.89. The fourth-order valence-corrected chi connectivity index (χ4v) is 3.54. The molecule has 2 aromatic carbocycles. The summed E-state index contributed by atoms with van der Waals surface area (Å²) in [6.45, 7) is 2.85. The summed E-state index contributed by atoms with van der Waals surface area (Å²) in [4.78, 5) is 38.9. The Morgan fingerprint density at radius 2 is 1.83 bits per heavy atom. The lowest BCUT2D eigenvalue weighted by Crippen LogP contribution is -2.47. The molecule has 1 aliphatic heterocycles. The second kappa shape index (κ2) is 7.75. The Kier molecular flexibility index (Phi) is 5.64. The van der Waals surface area contributed by atoms with Crippen LogP contribution in [-0.2, 0) is 21.3 Å². The fraction of sp³-hybridized carbons (Fsp3) is 0.250. The Morgan fingerprint density at radius 1 is 1.17 bits per heavy atom. The SMILES string of the molecule is C[C@@H](C(=O)Nc1cccc(C(F)(F)F)c1)N1C(=O)N[C@@](C)(c2cccc(Br)c2)C1=O. The zero-order valence-electron chi connectivity index (χ0n) is 15.9. The number of alkyl halides is 3. The minimum Gasteiger partial charge on any atom is -0.324 e. The number of carbonyl (C=O) groups is 3. The summed E-state index contributed by atoms with van der Waals surface area (Å²) in [6.07, 6.45) is -4.57. The van der Waals surface area contributed by atoms with Gasteiger partial charge in [-0.3, -0.25) is 9.59 Å². The molecular formula is C20H17BrF3N3O3. The van der Waals surface area contributed by atoms with Crippen molar-refractivity contribution in [2.24, 2.45) is 0 Å². The van der Waals surface area contributed by atoms with Gasteiger partial charge < -0.3 is 10.6 Å². The van der Waals surface area contributed by atoms with Gasteiger partial charge in [0.25, 0.3) is 5.91 Å². The highest BCUT2D eigenvalue weighted by molar-refractivity contribution is 9.10. The maximum Gasteiger partial charge on any atom is 0.416 e. The molecule has 6 nitrogen and oxygen atoms in total. The molecule has 2 atom stereocenters. The van der Waals surface area contributed by atoms with E-state index >= 15 is 0 Å². The van der Waals surface area contributed by atoms with Crippen LogP contribution < -0.4 is 10.6 Å². The first-order valence-electron chi connectivity index (χ1n) is 8.83. The monoisotopic (exact) mass is 483 g/mol. The number of anilines is 1. The van der Waals surface area contributed by atoms with Gasteiger partial charge in [-0.05, 0) is 49.7 Å². The summed E-state index contributed by atoms with van der Waals surface area (Å²) >= 11 is 3.31. The summed E-state index contributed by atoms with van der Waals surface area (Å²) in [5, 5.41) is 4.92. The van der Waals surface area contributed by atoms with E-state index in [2.05, 4.69) is 26.6 Å². The number of rotatable bonds is 4. The third-order valence-electron chi connectivity index (χ3n) is 4.85. The van der Waals surface area contributed by atoms with Gasteiger partial charge in [0, 0.05) is 10.2 Å². The Hall–Kier alpha value is -2.88. The van der Waals surface area contributed by atoms with Crippen molar-refractivity contribution in [1.82, 2.24) is 10.2 Å². The lowest BCUT2D eigenvalue weighted by Gasteiger charge is -2.24. The highest BCUT2D eigenvalue weighted by Crippen LogP contribution is 2.33. The average molecular weight is 484 g/mol. The lowest BCUT2D eigenvalue weighted by atomic mass is 9.92. The molecule has 0 radical (unpaired) electrons. The number of amides is 4. The van der Waals surface area contributed by atoms with E-state index in [0.717, 1.165) is 23.1 Å². The van der Waals surface area contributed by atoms with Crippen molar-refractivity contribution >= 4 is 39.5 Å². The molecular weight excluding hydrogens is 467 g/mol. The molecule has 4 amide bonds. The molecule has 0 unspecified atom stereocenters. The first kappa shape index (κ1) is 21.8. The number of halogens is 4. The van der Waals surface area contributed by atoms with E-state index in [1.807, 2.05) is 0 Å². The van der Waals surface area contributed by atoms with Crippen LogP contribution in [0.25, 0.3) is 0 Å². The van der Waals surface area contributed by atoms with Crippen LogP contribution in [0.2, 0.25) is 0 Å². The zero-order valence-corrected chi connectivity index (χ0v) is 17.5. The first-order valence-corrected chi connectivity index (χ1v) is 9.63. The standard InChI is InChI=1S/C20H17BrF3N3O3/c1-11(16(28)25-15-8-4-6-13(10-15)20(22,23)24)27-17(29)19(2,26-18(27)30)12-5-3-7-14(21)9-12/h3-11H,1-2H3,(H,25,28)(H,26,30)/t11-,19-/m0/s1. The second-order valence-corrected chi connectivity index (χ2v) is 7.90. The molecule has 1 heterocycles. The smallest absolute Gasteiger partial charge is 0.324 e. The summed E-state index contributed by atoms with van der Waals surface area (Å²) in [5.41, 5.74) is -1.89. The third kappa shape index (κ3) is 4.04. The van der Waals surface area contributed by atoms with Gasteiger partial charge in [0.1, 0.15) is 11.6 Å². The molecule has 0 aromatic heterocycles. The van der Waals surface area contributed by atoms with Crippen LogP contribution in [0.15, 0.2) is 53.0 Å². The van der Waals surface area contributed by atoms with Crippen molar-refractivity contribution in [3.63, 3.8) is 0 Å². The second-order valence-electron chi connectivity index (χ2n) is 6.98. The van der Waals surface area contributed by atoms with Crippen LogP contribution in [0.4, 0.5) is 23.7 Å². The molecule has 10 heteroatoms. The van der Waals surface area contributed by atoms with E-state index in [1.165, 1.54) is 19.9 Å². The van der Waals surface area contributed by atoms with Gasteiger partial charge in [-0.15, -0.1) is 0 Å². The predicted octanol–water partition coefficient (Wildman–Crippen LogP) is 4.26. The van der Waals surface area contributed by atoms with Crippen molar-refractivity contribution in [2.75, 3.05) is 5.32 Å². The minimum absolute atomic E-state index is 0.0940. The fourth-order valence-electron chi connectivity index (χ4n) is 3.14. The highest BCUT2D eigenvalue weighted by Gasteiger charge is 2.51. The number of hydrogen-bond donors (Lipinski definition) is 2. The maximum atomic E-state index is 13.0. The Morgan fingerprint density at radius 3 is 2.47 bits per heavy atom. The predicted molar refractivity (Wildman–Crippen MR) is 106 cm³/mol. The Balaban J connectivity index is 1.81. The number of carbonyl (C=O) groups excluding carboxylic acids is 3. The van der Waals surface area contributed by atoms with E-state index in [4.69, 9.17) is 0 Å². The van der Waals surface area contributed by atoms with Crippen LogP contribution in [0, 0.1) is 0 Å². The van der Waals surface area contributed by atoms with Gasteiger partial charge in [-0.1, -0.05) is 34.1 Å². The lowest BCUT2D eigenvalue weighted by molar-refractivity contribution is -0.137. The molecule has 0 aliphatic carbocycles. The molecule has 2 N–H and O–H groups in total. The van der Waals surface area contributed by atoms with Crippen LogP contribution >= 0.6 is 15.9 Å². The van der Waals surface area contributed by atoms with E-state index in [1.54, 1.807) is 24.3 Å².